The van der Waals surface area contributed by atoms with Crippen LogP contribution in [0.5, 0.6) is 0 Å². The third kappa shape index (κ3) is 0.710. The van der Waals surface area contributed by atoms with Crippen molar-refractivity contribution in [1.29, 1.82) is 0 Å². The average Bonchev–Trinajstić information content (AvgIpc) is 2.33. The summed E-state index contributed by atoms with van der Waals surface area (Å²) in [6, 6.07) is 0. The van der Waals surface area contributed by atoms with Crippen molar-refractivity contribution in [3.8, 4) is 0 Å². The Morgan fingerprint density at radius 3 is 3.44 bits per heavy atom. The normalized spacial score (nSPS) is 29.3. The molecule has 0 bridgehead atoms. The molecule has 2 aliphatic rings. The van der Waals surface area contributed by atoms with Gasteiger partial charge in [-0.25, -0.2) is 0 Å². The quantitative estimate of drug-likeness (QED) is 0.427. The summed E-state index contributed by atoms with van der Waals surface area (Å²) in [6.07, 6.45) is 14.3. The minimum Gasteiger partial charge on any atom is -0.178 e. The summed E-state index contributed by atoms with van der Waals surface area (Å²) in [5.41, 5.74) is 1.47. The first-order valence-corrected chi connectivity index (χ1v) is 3.35. The molecule has 0 aromatic heterocycles. The van der Waals surface area contributed by atoms with Crippen molar-refractivity contribution >= 4 is 0 Å². The Hall–Kier alpha value is -0.910. The van der Waals surface area contributed by atoms with Crippen LogP contribution < -0.4 is 0 Å². The van der Waals surface area contributed by atoms with Gasteiger partial charge in [-0.05, 0) is 5.92 Å². The molecule has 0 heterocycles. The van der Waals surface area contributed by atoms with E-state index in [1.807, 2.05) is 0 Å². The number of hydrogen-bond acceptors (Lipinski definition) is 0. The van der Waals surface area contributed by atoms with Crippen molar-refractivity contribution in [2.45, 2.75) is 6.42 Å². The van der Waals surface area contributed by atoms with Crippen LogP contribution in [-0.4, -0.2) is 0 Å². The van der Waals surface area contributed by atoms with Gasteiger partial charge in [0.1, 0.15) is 0 Å². The van der Waals surface area contributed by atoms with Crippen LogP contribution in [0.3, 0.4) is 0 Å². The maximum Gasteiger partial charge on any atom is -0.0282 e. The fraction of sp³-hybridized carbons (Fsp3) is 0.222. The summed E-state index contributed by atoms with van der Waals surface area (Å²) < 4.78 is 0. The Morgan fingerprint density at radius 1 is 1.56 bits per heavy atom. The Morgan fingerprint density at radius 2 is 2.56 bits per heavy atom. The lowest BCUT2D eigenvalue weighted by Gasteiger charge is -2.20. The highest BCUT2D eigenvalue weighted by molar-refractivity contribution is 5.39. The van der Waals surface area contributed by atoms with Crippen molar-refractivity contribution in [3.05, 3.63) is 42.4 Å². The Kier molecular flexibility index (Phi) is 0.984. The van der Waals surface area contributed by atoms with Crippen molar-refractivity contribution < 1.29 is 0 Å². The molecule has 0 nitrogen and oxygen atoms in total. The highest BCUT2D eigenvalue weighted by Gasteiger charge is 2.07. The maximum absolute atomic E-state index is 2.26. The summed E-state index contributed by atoms with van der Waals surface area (Å²) in [6.45, 7) is 0. The van der Waals surface area contributed by atoms with E-state index in [9.17, 15) is 0 Å². The Bertz CT molecular complexity index is 194. The van der Waals surface area contributed by atoms with E-state index in [1.54, 1.807) is 0 Å². The smallest absolute Gasteiger partial charge is 0.0282 e. The van der Waals surface area contributed by atoms with Crippen LogP contribution in [0.4, 0.5) is 0 Å². The SMILES string of the molecule is C1=CC2CC=C[CH-]C2=C1. The van der Waals surface area contributed by atoms with Crippen molar-refractivity contribution in [1.82, 2.24) is 0 Å². The van der Waals surface area contributed by atoms with E-state index in [0.717, 1.165) is 0 Å². The zero-order valence-corrected chi connectivity index (χ0v) is 5.25. The van der Waals surface area contributed by atoms with Crippen LogP contribution in [0, 0.1) is 12.3 Å². The van der Waals surface area contributed by atoms with E-state index < -0.39 is 0 Å². The van der Waals surface area contributed by atoms with Crippen LogP contribution in [0.2, 0.25) is 0 Å². The molecule has 0 aromatic carbocycles. The average molecular weight is 117 g/mol. The molecule has 9 heavy (non-hydrogen) atoms. The van der Waals surface area contributed by atoms with Crippen LogP contribution >= 0.6 is 0 Å². The van der Waals surface area contributed by atoms with E-state index in [4.69, 9.17) is 0 Å². The minimum absolute atomic E-state index is 0.704. The largest absolute Gasteiger partial charge is 0.178 e. The third-order valence-electron chi connectivity index (χ3n) is 1.88. The first kappa shape index (κ1) is 4.92. The molecule has 0 aromatic rings. The van der Waals surface area contributed by atoms with E-state index in [-0.39, 0.29) is 0 Å². The van der Waals surface area contributed by atoms with Gasteiger partial charge in [-0.1, -0.05) is 12.5 Å². The highest BCUT2D eigenvalue weighted by Crippen LogP contribution is 2.28. The molecule has 46 valence electrons. The van der Waals surface area contributed by atoms with Crippen molar-refractivity contribution in [2.24, 2.45) is 5.92 Å². The zero-order valence-electron chi connectivity index (χ0n) is 5.25. The molecule has 2 aliphatic carbocycles. The Labute approximate surface area is 55.6 Å². The molecule has 0 N–H and O–H groups in total. The van der Waals surface area contributed by atoms with Gasteiger partial charge in [0.2, 0.25) is 0 Å². The fourth-order valence-corrected chi connectivity index (χ4v) is 1.33. The van der Waals surface area contributed by atoms with Gasteiger partial charge in [-0.3, -0.25) is 0 Å². The van der Waals surface area contributed by atoms with E-state index >= 15 is 0 Å². The van der Waals surface area contributed by atoms with Gasteiger partial charge >= 0.3 is 0 Å². The first-order valence-electron chi connectivity index (χ1n) is 3.35. The minimum atomic E-state index is 0.704. The van der Waals surface area contributed by atoms with Crippen LogP contribution in [0.15, 0.2) is 36.0 Å². The second-order valence-electron chi connectivity index (χ2n) is 2.49. The standard InChI is InChI=1S/C9H9/c1-2-5-9-7-3-6-8(9)4-1/h1-4,6-7,9H,5H2/q-1. The van der Waals surface area contributed by atoms with Gasteiger partial charge < -0.3 is 0 Å². The number of rotatable bonds is 0. The van der Waals surface area contributed by atoms with Crippen molar-refractivity contribution in [2.75, 3.05) is 0 Å². The van der Waals surface area contributed by atoms with Gasteiger partial charge in [0.25, 0.3) is 0 Å². The Balaban J connectivity index is 2.27. The highest BCUT2D eigenvalue weighted by atomic mass is 14.2. The summed E-state index contributed by atoms with van der Waals surface area (Å²) in [5.74, 6) is 0.704. The molecule has 2 rings (SSSR count). The summed E-state index contributed by atoms with van der Waals surface area (Å²) in [4.78, 5) is 0. The molecule has 0 radical (unpaired) electrons. The topological polar surface area (TPSA) is 0 Å². The van der Waals surface area contributed by atoms with Crippen LogP contribution in [-0.2, 0) is 0 Å². The second kappa shape index (κ2) is 1.80. The van der Waals surface area contributed by atoms with Crippen LogP contribution in [0.25, 0.3) is 0 Å². The summed E-state index contributed by atoms with van der Waals surface area (Å²) in [5, 5.41) is 0. The molecular formula is C9H9-. The molecule has 0 saturated carbocycles. The molecular weight excluding hydrogens is 108 g/mol. The second-order valence-corrected chi connectivity index (χ2v) is 2.49. The molecule has 0 aliphatic heterocycles. The predicted molar refractivity (Wildman–Crippen MR) is 38.8 cm³/mol. The molecule has 0 saturated heterocycles. The molecule has 0 amide bonds. The molecule has 0 fully saturated rings. The van der Waals surface area contributed by atoms with E-state index in [2.05, 4.69) is 36.8 Å². The fourth-order valence-electron chi connectivity index (χ4n) is 1.33. The van der Waals surface area contributed by atoms with Gasteiger partial charge in [0.05, 0.1) is 0 Å². The van der Waals surface area contributed by atoms with Gasteiger partial charge in [0.15, 0.2) is 0 Å². The van der Waals surface area contributed by atoms with Gasteiger partial charge in [0, 0.05) is 0 Å². The zero-order chi connectivity index (χ0) is 6.10. The summed E-state index contributed by atoms with van der Waals surface area (Å²) >= 11 is 0. The molecule has 0 spiro atoms. The van der Waals surface area contributed by atoms with Gasteiger partial charge in [-0.15, -0.1) is 6.08 Å². The first-order chi connectivity index (χ1) is 4.47. The molecule has 1 atom stereocenters. The number of hydrogen-bond donors (Lipinski definition) is 0. The van der Waals surface area contributed by atoms with Gasteiger partial charge in [-0.2, -0.15) is 30.2 Å². The molecule has 1 unspecified atom stereocenters. The maximum atomic E-state index is 2.26. The van der Waals surface area contributed by atoms with Crippen molar-refractivity contribution in [3.63, 3.8) is 0 Å². The number of fused-ring (bicyclic) bond motifs is 1. The number of allylic oxidation sites excluding steroid dienone is 6. The lowest BCUT2D eigenvalue weighted by Crippen LogP contribution is -1.99. The van der Waals surface area contributed by atoms with E-state index in [0.29, 0.717) is 5.92 Å². The predicted octanol–water partition coefficient (Wildman–Crippen LogP) is 2.26. The molecule has 0 heteroatoms. The third-order valence-corrected chi connectivity index (χ3v) is 1.88. The monoisotopic (exact) mass is 117 g/mol. The van der Waals surface area contributed by atoms with Crippen LogP contribution in [0.1, 0.15) is 6.42 Å². The van der Waals surface area contributed by atoms with E-state index in [1.165, 1.54) is 12.0 Å². The lowest BCUT2D eigenvalue weighted by molar-refractivity contribution is 0.783. The summed E-state index contributed by atoms with van der Waals surface area (Å²) in [7, 11) is 0. The lowest BCUT2D eigenvalue weighted by atomic mass is 9.92.